The van der Waals surface area contributed by atoms with Gasteiger partial charge in [-0.3, -0.25) is 4.79 Å². The highest BCUT2D eigenvalue weighted by molar-refractivity contribution is 6.30. The summed E-state index contributed by atoms with van der Waals surface area (Å²) in [4.78, 5) is 12.3. The SMILES string of the molecule is CC[C@H](Oc1ccccc1OC)C(=O)NCCCc1ccc(Cl)cc1. The van der Waals surface area contributed by atoms with E-state index in [9.17, 15) is 4.79 Å². The van der Waals surface area contributed by atoms with Gasteiger partial charge in [-0.1, -0.05) is 42.8 Å². The fourth-order valence-corrected chi connectivity index (χ4v) is 2.59. The van der Waals surface area contributed by atoms with Gasteiger partial charge in [-0.05, 0) is 49.1 Å². The Balaban J connectivity index is 1.80. The predicted molar refractivity (Wildman–Crippen MR) is 100 cm³/mol. The third kappa shape index (κ3) is 5.98. The second kappa shape index (κ2) is 9.94. The summed E-state index contributed by atoms with van der Waals surface area (Å²) in [5.41, 5.74) is 1.20. The van der Waals surface area contributed by atoms with Gasteiger partial charge in [-0.25, -0.2) is 0 Å². The average Bonchev–Trinajstić information content (AvgIpc) is 2.64. The smallest absolute Gasteiger partial charge is 0.261 e. The molecule has 2 aromatic rings. The van der Waals surface area contributed by atoms with Crippen molar-refractivity contribution in [2.75, 3.05) is 13.7 Å². The normalized spacial score (nSPS) is 11.6. The fraction of sp³-hybridized carbons (Fsp3) is 0.350. The van der Waals surface area contributed by atoms with E-state index in [0.717, 1.165) is 17.9 Å². The standard InChI is InChI=1S/C20H24ClNO3/c1-3-17(25-19-9-5-4-8-18(19)24-2)20(23)22-14-6-7-15-10-12-16(21)13-11-15/h4-5,8-13,17H,3,6-7,14H2,1-2H3,(H,22,23)/t17-/m0/s1. The highest BCUT2D eigenvalue weighted by atomic mass is 35.5. The predicted octanol–water partition coefficient (Wildman–Crippen LogP) is 4.26. The number of aryl methyl sites for hydroxylation is 1. The van der Waals surface area contributed by atoms with E-state index in [-0.39, 0.29) is 5.91 Å². The maximum Gasteiger partial charge on any atom is 0.261 e. The van der Waals surface area contributed by atoms with Gasteiger partial charge in [0, 0.05) is 11.6 Å². The minimum Gasteiger partial charge on any atom is -0.493 e. The van der Waals surface area contributed by atoms with Crippen LogP contribution in [0.15, 0.2) is 48.5 Å². The van der Waals surface area contributed by atoms with Gasteiger partial charge in [-0.15, -0.1) is 0 Å². The summed E-state index contributed by atoms with van der Waals surface area (Å²) in [5.74, 6) is 1.09. The van der Waals surface area contributed by atoms with E-state index in [1.807, 2.05) is 49.4 Å². The summed E-state index contributed by atoms with van der Waals surface area (Å²) in [5, 5.41) is 3.67. The highest BCUT2D eigenvalue weighted by Gasteiger charge is 2.19. The zero-order valence-electron chi connectivity index (χ0n) is 14.6. The lowest BCUT2D eigenvalue weighted by atomic mass is 10.1. The molecule has 0 aliphatic heterocycles. The van der Waals surface area contributed by atoms with E-state index in [1.165, 1.54) is 5.56 Å². The molecule has 134 valence electrons. The zero-order chi connectivity index (χ0) is 18.1. The number of benzene rings is 2. The maximum atomic E-state index is 12.3. The molecule has 4 nitrogen and oxygen atoms in total. The number of ether oxygens (including phenoxy) is 2. The number of para-hydroxylation sites is 2. The first kappa shape index (κ1) is 19.1. The second-order valence-corrected chi connectivity index (χ2v) is 6.12. The average molecular weight is 362 g/mol. The van der Waals surface area contributed by atoms with Crippen molar-refractivity contribution in [1.29, 1.82) is 0 Å². The van der Waals surface area contributed by atoms with E-state index < -0.39 is 6.10 Å². The van der Waals surface area contributed by atoms with Crippen LogP contribution >= 0.6 is 11.6 Å². The van der Waals surface area contributed by atoms with Gasteiger partial charge in [0.1, 0.15) is 0 Å². The van der Waals surface area contributed by atoms with Crippen molar-refractivity contribution in [2.45, 2.75) is 32.3 Å². The molecule has 0 fully saturated rings. The van der Waals surface area contributed by atoms with Crippen LogP contribution in [0.5, 0.6) is 11.5 Å². The number of amides is 1. The van der Waals surface area contributed by atoms with Crippen LogP contribution < -0.4 is 14.8 Å². The van der Waals surface area contributed by atoms with Gasteiger partial charge in [0.2, 0.25) is 0 Å². The van der Waals surface area contributed by atoms with Gasteiger partial charge in [0.15, 0.2) is 17.6 Å². The number of carbonyl (C=O) groups excluding carboxylic acids is 1. The summed E-state index contributed by atoms with van der Waals surface area (Å²) < 4.78 is 11.1. The molecule has 0 heterocycles. The van der Waals surface area contributed by atoms with Crippen LogP contribution in [0.2, 0.25) is 5.02 Å². The Morgan fingerprint density at radius 1 is 1.12 bits per heavy atom. The van der Waals surface area contributed by atoms with Gasteiger partial charge >= 0.3 is 0 Å². The first-order chi connectivity index (χ1) is 12.1. The Bertz CT molecular complexity index is 673. The summed E-state index contributed by atoms with van der Waals surface area (Å²) in [6.07, 6.45) is 1.80. The molecular formula is C20H24ClNO3. The zero-order valence-corrected chi connectivity index (χ0v) is 15.4. The maximum absolute atomic E-state index is 12.3. The molecule has 0 aliphatic rings. The summed E-state index contributed by atoms with van der Waals surface area (Å²) >= 11 is 5.87. The fourth-order valence-electron chi connectivity index (χ4n) is 2.46. The van der Waals surface area contributed by atoms with Gasteiger partial charge in [0.25, 0.3) is 5.91 Å². The number of hydrogen-bond acceptors (Lipinski definition) is 3. The topological polar surface area (TPSA) is 47.6 Å². The van der Waals surface area contributed by atoms with Crippen LogP contribution in [0.3, 0.4) is 0 Å². The molecular weight excluding hydrogens is 338 g/mol. The van der Waals surface area contributed by atoms with Gasteiger partial charge in [0.05, 0.1) is 7.11 Å². The Morgan fingerprint density at radius 3 is 2.44 bits per heavy atom. The minimum absolute atomic E-state index is 0.107. The number of rotatable bonds is 9. The lowest BCUT2D eigenvalue weighted by Gasteiger charge is -2.18. The molecule has 1 amide bonds. The Kier molecular flexibility index (Phi) is 7.61. The Hall–Kier alpha value is -2.20. The van der Waals surface area contributed by atoms with Crippen molar-refractivity contribution in [3.63, 3.8) is 0 Å². The monoisotopic (exact) mass is 361 g/mol. The lowest BCUT2D eigenvalue weighted by Crippen LogP contribution is -2.38. The Labute approximate surface area is 154 Å². The molecule has 0 aliphatic carbocycles. The van der Waals surface area contributed by atoms with Gasteiger partial charge in [-0.2, -0.15) is 0 Å². The van der Waals surface area contributed by atoms with Crippen LogP contribution in [0.25, 0.3) is 0 Å². The van der Waals surface area contributed by atoms with Gasteiger partial charge < -0.3 is 14.8 Å². The molecule has 2 aromatic carbocycles. The first-order valence-corrected chi connectivity index (χ1v) is 8.83. The molecule has 1 N–H and O–H groups in total. The number of nitrogens with one attached hydrogen (secondary N) is 1. The first-order valence-electron chi connectivity index (χ1n) is 8.46. The van der Waals surface area contributed by atoms with Crippen molar-refractivity contribution in [3.05, 3.63) is 59.1 Å². The van der Waals surface area contributed by atoms with Crippen LogP contribution in [0, 0.1) is 0 Å². The molecule has 0 spiro atoms. The molecule has 0 bridgehead atoms. The van der Waals surface area contributed by atoms with E-state index in [0.29, 0.717) is 24.5 Å². The summed E-state index contributed by atoms with van der Waals surface area (Å²) in [6.45, 7) is 2.53. The molecule has 5 heteroatoms. The van der Waals surface area contributed by atoms with Crippen molar-refractivity contribution >= 4 is 17.5 Å². The Morgan fingerprint density at radius 2 is 1.80 bits per heavy atom. The minimum atomic E-state index is -0.535. The number of hydrogen-bond donors (Lipinski definition) is 1. The van der Waals surface area contributed by atoms with Crippen LogP contribution in [0.4, 0.5) is 0 Å². The number of carbonyl (C=O) groups is 1. The van der Waals surface area contributed by atoms with Crippen LogP contribution in [-0.2, 0) is 11.2 Å². The van der Waals surface area contributed by atoms with Crippen LogP contribution in [0.1, 0.15) is 25.3 Å². The van der Waals surface area contributed by atoms with Crippen molar-refractivity contribution in [2.24, 2.45) is 0 Å². The molecule has 1 atom stereocenters. The third-order valence-electron chi connectivity index (χ3n) is 3.86. The second-order valence-electron chi connectivity index (χ2n) is 5.69. The highest BCUT2D eigenvalue weighted by Crippen LogP contribution is 2.27. The number of halogens is 1. The summed E-state index contributed by atoms with van der Waals surface area (Å²) in [7, 11) is 1.58. The van der Waals surface area contributed by atoms with E-state index in [4.69, 9.17) is 21.1 Å². The molecule has 0 saturated carbocycles. The quantitative estimate of drug-likeness (QED) is 0.679. The van der Waals surface area contributed by atoms with Crippen molar-refractivity contribution in [3.8, 4) is 11.5 Å². The lowest BCUT2D eigenvalue weighted by molar-refractivity contribution is -0.128. The molecule has 2 rings (SSSR count). The molecule has 0 radical (unpaired) electrons. The third-order valence-corrected chi connectivity index (χ3v) is 4.11. The van der Waals surface area contributed by atoms with Crippen LogP contribution in [-0.4, -0.2) is 25.7 Å². The van der Waals surface area contributed by atoms with E-state index in [2.05, 4.69) is 5.32 Å². The van der Waals surface area contributed by atoms with E-state index in [1.54, 1.807) is 13.2 Å². The van der Waals surface area contributed by atoms with Crippen molar-refractivity contribution < 1.29 is 14.3 Å². The van der Waals surface area contributed by atoms with Crippen molar-refractivity contribution in [1.82, 2.24) is 5.32 Å². The molecule has 0 saturated heterocycles. The summed E-state index contributed by atoms with van der Waals surface area (Å²) in [6, 6.07) is 15.1. The number of methoxy groups -OCH3 is 1. The molecule has 0 unspecified atom stereocenters. The van der Waals surface area contributed by atoms with E-state index >= 15 is 0 Å². The molecule has 25 heavy (non-hydrogen) atoms. The molecule has 0 aromatic heterocycles. The largest absolute Gasteiger partial charge is 0.493 e.